The van der Waals surface area contributed by atoms with Crippen LogP contribution in [-0.2, 0) is 11.2 Å². The van der Waals surface area contributed by atoms with E-state index >= 15 is 0 Å². The second-order valence-electron chi connectivity index (χ2n) is 5.86. The highest BCUT2D eigenvalue weighted by molar-refractivity contribution is 5.87. The minimum atomic E-state index is 0.210. The maximum absolute atomic E-state index is 12.2. The topological polar surface area (TPSA) is 46.3 Å². The van der Waals surface area contributed by atoms with E-state index < -0.39 is 0 Å². The summed E-state index contributed by atoms with van der Waals surface area (Å²) >= 11 is 0. The summed E-state index contributed by atoms with van der Waals surface area (Å²) in [6.07, 6.45) is 5.33. The molecule has 1 aromatic rings. The van der Waals surface area contributed by atoms with Crippen molar-refractivity contribution in [3.05, 3.63) is 29.8 Å². The van der Waals surface area contributed by atoms with Crippen LogP contribution < -0.4 is 5.73 Å². The molecule has 0 amide bonds. The van der Waals surface area contributed by atoms with Gasteiger partial charge in [-0.15, -0.1) is 0 Å². The standard InChI is InChI=1S/C16H22N2O/c17-14-6-4-12(5-7-14)2-1-3-15-16(19)13-8-10-18(15)11-9-13/h4-7,13,15H,1-3,8-11,17H2. The Morgan fingerprint density at radius 3 is 2.47 bits per heavy atom. The van der Waals surface area contributed by atoms with Crippen LogP contribution in [-0.4, -0.2) is 29.8 Å². The van der Waals surface area contributed by atoms with Gasteiger partial charge in [-0.3, -0.25) is 9.69 Å². The van der Waals surface area contributed by atoms with Gasteiger partial charge in [0.25, 0.3) is 0 Å². The van der Waals surface area contributed by atoms with Crippen molar-refractivity contribution in [1.82, 2.24) is 4.90 Å². The van der Waals surface area contributed by atoms with Crippen LogP contribution in [0.1, 0.15) is 31.2 Å². The van der Waals surface area contributed by atoms with Crippen LogP contribution in [0.4, 0.5) is 5.69 Å². The molecular weight excluding hydrogens is 236 g/mol. The number of hydrogen-bond acceptors (Lipinski definition) is 3. The number of benzene rings is 1. The maximum atomic E-state index is 12.2. The van der Waals surface area contributed by atoms with Gasteiger partial charge in [0, 0.05) is 11.6 Å². The fraction of sp³-hybridized carbons (Fsp3) is 0.562. The van der Waals surface area contributed by atoms with E-state index in [0.29, 0.717) is 11.7 Å². The Labute approximate surface area is 114 Å². The van der Waals surface area contributed by atoms with Crippen molar-refractivity contribution in [1.29, 1.82) is 0 Å². The molecule has 2 N–H and O–H groups in total. The molecule has 3 aliphatic rings. The molecule has 0 radical (unpaired) electrons. The van der Waals surface area contributed by atoms with Crippen LogP contribution in [0.3, 0.4) is 0 Å². The molecule has 3 heterocycles. The molecule has 4 rings (SSSR count). The average molecular weight is 258 g/mol. The van der Waals surface area contributed by atoms with E-state index in [1.807, 2.05) is 12.1 Å². The molecule has 19 heavy (non-hydrogen) atoms. The van der Waals surface area contributed by atoms with Crippen molar-refractivity contribution in [2.45, 2.75) is 38.1 Å². The van der Waals surface area contributed by atoms with E-state index in [9.17, 15) is 4.79 Å². The zero-order valence-electron chi connectivity index (χ0n) is 11.3. The van der Waals surface area contributed by atoms with Crippen molar-refractivity contribution < 1.29 is 4.79 Å². The molecule has 2 bridgehead atoms. The molecule has 0 saturated carbocycles. The number of anilines is 1. The zero-order chi connectivity index (χ0) is 13.2. The lowest BCUT2D eigenvalue weighted by atomic mass is 9.80. The van der Waals surface area contributed by atoms with Crippen LogP contribution in [0, 0.1) is 5.92 Å². The van der Waals surface area contributed by atoms with E-state index in [-0.39, 0.29) is 6.04 Å². The SMILES string of the molecule is Nc1ccc(CCCC2C(=O)C3CCN2CC3)cc1. The van der Waals surface area contributed by atoms with Crippen molar-refractivity contribution in [3.63, 3.8) is 0 Å². The van der Waals surface area contributed by atoms with Gasteiger partial charge in [-0.05, 0) is 62.9 Å². The largest absolute Gasteiger partial charge is 0.399 e. The lowest BCUT2D eigenvalue weighted by Gasteiger charge is -2.44. The summed E-state index contributed by atoms with van der Waals surface area (Å²) in [6.45, 7) is 2.26. The van der Waals surface area contributed by atoms with E-state index in [4.69, 9.17) is 5.73 Å². The van der Waals surface area contributed by atoms with Gasteiger partial charge in [-0.25, -0.2) is 0 Å². The summed E-state index contributed by atoms with van der Waals surface area (Å²) in [7, 11) is 0. The summed E-state index contributed by atoms with van der Waals surface area (Å²) in [4.78, 5) is 14.6. The molecule has 1 aromatic carbocycles. The minimum Gasteiger partial charge on any atom is -0.399 e. The number of carbonyl (C=O) groups is 1. The zero-order valence-corrected chi connectivity index (χ0v) is 11.3. The van der Waals surface area contributed by atoms with Crippen LogP contribution in [0.25, 0.3) is 0 Å². The van der Waals surface area contributed by atoms with Gasteiger partial charge in [-0.1, -0.05) is 12.1 Å². The van der Waals surface area contributed by atoms with Crippen LogP contribution in [0.15, 0.2) is 24.3 Å². The number of rotatable bonds is 4. The Hall–Kier alpha value is -1.35. The molecule has 3 fully saturated rings. The average Bonchev–Trinajstić information content (AvgIpc) is 2.45. The molecule has 1 atom stereocenters. The lowest BCUT2D eigenvalue weighted by Crippen LogP contribution is -2.55. The van der Waals surface area contributed by atoms with Gasteiger partial charge >= 0.3 is 0 Å². The molecule has 1 unspecified atom stereocenters. The highest BCUT2D eigenvalue weighted by Crippen LogP contribution is 2.31. The number of piperidine rings is 3. The number of nitrogens with two attached hydrogens (primary N) is 1. The van der Waals surface area contributed by atoms with Gasteiger partial charge in [0.15, 0.2) is 5.78 Å². The number of fused-ring (bicyclic) bond motifs is 3. The van der Waals surface area contributed by atoms with E-state index in [1.54, 1.807) is 0 Å². The fourth-order valence-corrected chi connectivity index (χ4v) is 3.46. The first-order valence-corrected chi connectivity index (χ1v) is 7.36. The molecule has 3 heteroatoms. The smallest absolute Gasteiger partial charge is 0.153 e. The van der Waals surface area contributed by atoms with Crippen LogP contribution >= 0.6 is 0 Å². The van der Waals surface area contributed by atoms with Crippen LogP contribution in [0.5, 0.6) is 0 Å². The summed E-state index contributed by atoms with van der Waals surface area (Å²) < 4.78 is 0. The predicted molar refractivity (Wildman–Crippen MR) is 76.9 cm³/mol. The first-order chi connectivity index (χ1) is 9.24. The van der Waals surface area contributed by atoms with Gasteiger partial charge in [0.05, 0.1) is 6.04 Å². The van der Waals surface area contributed by atoms with Crippen molar-refractivity contribution in [2.24, 2.45) is 5.92 Å². The van der Waals surface area contributed by atoms with Crippen molar-refractivity contribution >= 4 is 11.5 Å². The van der Waals surface area contributed by atoms with E-state index in [0.717, 1.165) is 50.9 Å². The number of carbonyl (C=O) groups excluding carboxylic acids is 1. The van der Waals surface area contributed by atoms with Gasteiger partial charge in [0.1, 0.15) is 0 Å². The highest BCUT2D eigenvalue weighted by Gasteiger charge is 2.40. The molecule has 0 spiro atoms. The molecule has 0 aromatic heterocycles. The molecular formula is C16H22N2O. The Balaban J connectivity index is 1.52. The maximum Gasteiger partial charge on any atom is 0.153 e. The number of ketones is 1. The number of aryl methyl sites for hydroxylation is 1. The number of hydrogen-bond donors (Lipinski definition) is 1. The van der Waals surface area contributed by atoms with Gasteiger partial charge in [-0.2, -0.15) is 0 Å². The third-order valence-corrected chi connectivity index (χ3v) is 4.62. The fourth-order valence-electron chi connectivity index (χ4n) is 3.46. The summed E-state index contributed by atoms with van der Waals surface area (Å²) in [6, 6.07) is 8.29. The normalized spacial score (nSPS) is 29.7. The van der Waals surface area contributed by atoms with Crippen molar-refractivity contribution in [3.8, 4) is 0 Å². The Kier molecular flexibility index (Phi) is 3.56. The predicted octanol–water partition coefficient (Wildman–Crippen LogP) is 2.25. The summed E-state index contributed by atoms with van der Waals surface area (Å²) in [5.74, 6) is 0.876. The molecule has 0 aliphatic carbocycles. The first-order valence-electron chi connectivity index (χ1n) is 7.36. The third-order valence-electron chi connectivity index (χ3n) is 4.62. The number of nitrogens with zero attached hydrogens (tertiary/aromatic N) is 1. The second-order valence-corrected chi connectivity index (χ2v) is 5.86. The Morgan fingerprint density at radius 2 is 1.84 bits per heavy atom. The monoisotopic (exact) mass is 258 g/mol. The second kappa shape index (κ2) is 5.33. The third kappa shape index (κ3) is 2.66. The van der Waals surface area contributed by atoms with E-state index in [2.05, 4.69) is 17.0 Å². The Bertz CT molecular complexity index is 446. The Morgan fingerprint density at radius 1 is 1.16 bits per heavy atom. The highest BCUT2D eigenvalue weighted by atomic mass is 16.1. The van der Waals surface area contributed by atoms with Crippen LogP contribution in [0.2, 0.25) is 0 Å². The summed E-state index contributed by atoms with van der Waals surface area (Å²) in [5.41, 5.74) is 7.81. The van der Waals surface area contributed by atoms with E-state index in [1.165, 1.54) is 5.56 Å². The molecule has 3 aliphatic heterocycles. The molecule has 3 saturated heterocycles. The quantitative estimate of drug-likeness (QED) is 0.843. The number of Topliss-reactive ketones (excluding diaryl/α,β-unsaturated/α-hetero) is 1. The minimum absolute atomic E-state index is 0.210. The number of nitrogen functional groups attached to an aromatic ring is 1. The molecule has 3 nitrogen and oxygen atoms in total. The van der Waals surface area contributed by atoms with Gasteiger partial charge in [0.2, 0.25) is 0 Å². The first kappa shape index (κ1) is 12.7. The summed E-state index contributed by atoms with van der Waals surface area (Å²) in [5, 5.41) is 0. The molecule has 102 valence electrons. The lowest BCUT2D eigenvalue weighted by molar-refractivity contribution is -0.137. The van der Waals surface area contributed by atoms with Crippen molar-refractivity contribution in [2.75, 3.05) is 18.8 Å². The van der Waals surface area contributed by atoms with Gasteiger partial charge < -0.3 is 5.73 Å².